The van der Waals surface area contributed by atoms with Crippen molar-refractivity contribution in [1.29, 1.82) is 0 Å². The molecule has 2 aromatic rings. The van der Waals surface area contributed by atoms with Gasteiger partial charge in [0.05, 0.1) is 0 Å². The standard InChI is InChI=1S/C13H12O.H3O2P/c1-2-10-7-8-11-5-3-4-6-12(11)13(10)9-14;1-3-2/h3-9H,2H2,1H3;3H2,(H,1,2). The Bertz CT molecular complexity index is 523. The first-order chi connectivity index (χ1) is 8.28. The van der Waals surface area contributed by atoms with E-state index in [2.05, 4.69) is 13.0 Å². The molecule has 2 rings (SSSR count). The summed E-state index contributed by atoms with van der Waals surface area (Å²) in [5.74, 6) is 0. The Morgan fingerprint density at radius 1 is 1.24 bits per heavy atom. The van der Waals surface area contributed by atoms with Crippen molar-refractivity contribution in [2.24, 2.45) is 0 Å². The number of carbonyl (C=O) groups excluding carboxylic acids is 1. The van der Waals surface area contributed by atoms with Crippen LogP contribution in [0.4, 0.5) is 0 Å². The molecule has 0 spiro atoms. The summed E-state index contributed by atoms with van der Waals surface area (Å²) in [5, 5.41) is 2.19. The molecular weight excluding hydrogens is 235 g/mol. The maximum Gasteiger partial charge on any atom is 0.177 e. The van der Waals surface area contributed by atoms with Gasteiger partial charge in [0.15, 0.2) is 15.0 Å². The summed E-state index contributed by atoms with van der Waals surface area (Å²) in [7, 11) is -1.50. The lowest BCUT2D eigenvalue weighted by Crippen LogP contribution is -1.91. The number of rotatable bonds is 2. The molecule has 2 aromatic carbocycles. The predicted octanol–water partition coefficient (Wildman–Crippen LogP) is 2.86. The zero-order valence-corrected chi connectivity index (χ0v) is 10.7. The molecular formula is C13H15O3P. The third-order valence-corrected chi connectivity index (χ3v) is 2.56. The monoisotopic (exact) mass is 250 g/mol. The van der Waals surface area contributed by atoms with Crippen LogP contribution in [0.1, 0.15) is 22.8 Å². The fourth-order valence-corrected chi connectivity index (χ4v) is 1.79. The average molecular weight is 250 g/mol. The van der Waals surface area contributed by atoms with Crippen molar-refractivity contribution < 1.29 is 14.3 Å². The van der Waals surface area contributed by atoms with Crippen molar-refractivity contribution in [3.63, 3.8) is 0 Å². The minimum Gasteiger partial charge on any atom is -0.348 e. The van der Waals surface area contributed by atoms with Crippen molar-refractivity contribution in [1.82, 2.24) is 0 Å². The van der Waals surface area contributed by atoms with Gasteiger partial charge in [-0.25, -0.2) is 0 Å². The molecule has 4 heteroatoms. The van der Waals surface area contributed by atoms with Crippen molar-refractivity contribution in [3.8, 4) is 0 Å². The quantitative estimate of drug-likeness (QED) is 0.658. The van der Waals surface area contributed by atoms with E-state index in [0.717, 1.165) is 34.6 Å². The van der Waals surface area contributed by atoms with Crippen LogP contribution in [-0.4, -0.2) is 11.2 Å². The van der Waals surface area contributed by atoms with Gasteiger partial charge < -0.3 is 4.89 Å². The molecule has 0 aliphatic heterocycles. The number of aryl methyl sites for hydroxylation is 1. The molecule has 0 amide bonds. The third kappa shape index (κ3) is 3.26. The molecule has 0 bridgehead atoms. The Morgan fingerprint density at radius 2 is 1.88 bits per heavy atom. The molecule has 0 fully saturated rings. The van der Waals surface area contributed by atoms with E-state index in [-0.39, 0.29) is 0 Å². The molecule has 1 unspecified atom stereocenters. The van der Waals surface area contributed by atoms with E-state index in [1.54, 1.807) is 0 Å². The zero-order chi connectivity index (χ0) is 12.7. The van der Waals surface area contributed by atoms with Crippen molar-refractivity contribution in [3.05, 3.63) is 47.5 Å². The highest BCUT2D eigenvalue weighted by atomic mass is 31.1. The van der Waals surface area contributed by atoms with E-state index in [1.807, 2.05) is 30.3 Å². The lowest BCUT2D eigenvalue weighted by molar-refractivity contribution is 0.112. The number of hydrogen-bond donors (Lipinski definition) is 1. The second-order valence-electron chi connectivity index (χ2n) is 3.44. The summed E-state index contributed by atoms with van der Waals surface area (Å²) in [6.45, 7) is 2.07. The van der Waals surface area contributed by atoms with Crippen LogP contribution in [0.5, 0.6) is 0 Å². The van der Waals surface area contributed by atoms with Crippen LogP contribution in [0, 0.1) is 0 Å². The number of hydrogen-bond acceptors (Lipinski definition) is 2. The first kappa shape index (κ1) is 13.6. The SMILES string of the molecule is CCc1ccc2ccccc2c1C=O.O=[PH2]O. The normalized spacial score (nSPS) is 10.2. The van der Waals surface area contributed by atoms with E-state index in [4.69, 9.17) is 9.46 Å². The fourth-order valence-electron chi connectivity index (χ4n) is 1.79. The van der Waals surface area contributed by atoms with Gasteiger partial charge in [0, 0.05) is 5.56 Å². The van der Waals surface area contributed by atoms with Gasteiger partial charge in [0.25, 0.3) is 0 Å². The smallest absolute Gasteiger partial charge is 0.177 e. The molecule has 0 aliphatic carbocycles. The third-order valence-electron chi connectivity index (χ3n) is 2.56. The molecule has 0 radical (unpaired) electrons. The van der Waals surface area contributed by atoms with Crippen molar-refractivity contribution in [2.75, 3.05) is 0 Å². The molecule has 1 N–H and O–H groups in total. The second-order valence-corrected chi connectivity index (χ2v) is 3.65. The highest BCUT2D eigenvalue weighted by Crippen LogP contribution is 2.21. The lowest BCUT2D eigenvalue weighted by atomic mass is 9.98. The van der Waals surface area contributed by atoms with Crippen LogP contribution in [0.25, 0.3) is 10.8 Å². The molecule has 0 aliphatic rings. The fraction of sp³-hybridized carbons (Fsp3) is 0.154. The molecule has 1 atom stereocenters. The van der Waals surface area contributed by atoms with Crippen LogP contribution in [0.3, 0.4) is 0 Å². The molecule has 0 saturated heterocycles. The summed E-state index contributed by atoms with van der Waals surface area (Å²) in [5.41, 5.74) is 1.96. The molecule has 3 nitrogen and oxygen atoms in total. The Morgan fingerprint density at radius 3 is 2.47 bits per heavy atom. The summed E-state index contributed by atoms with van der Waals surface area (Å²) in [4.78, 5) is 18.1. The van der Waals surface area contributed by atoms with Crippen molar-refractivity contribution in [2.45, 2.75) is 13.3 Å². The van der Waals surface area contributed by atoms with Crippen molar-refractivity contribution >= 4 is 25.7 Å². The first-order valence-electron chi connectivity index (χ1n) is 5.32. The highest BCUT2D eigenvalue weighted by molar-refractivity contribution is 7.16. The van der Waals surface area contributed by atoms with E-state index >= 15 is 0 Å². The van der Waals surface area contributed by atoms with Gasteiger partial charge in [-0.15, -0.1) is 0 Å². The summed E-state index contributed by atoms with van der Waals surface area (Å²) >= 11 is 0. The highest BCUT2D eigenvalue weighted by Gasteiger charge is 2.03. The molecule has 90 valence electrons. The van der Waals surface area contributed by atoms with E-state index in [9.17, 15) is 4.79 Å². The minimum atomic E-state index is -1.50. The van der Waals surface area contributed by atoms with E-state index < -0.39 is 8.69 Å². The summed E-state index contributed by atoms with van der Waals surface area (Å²) in [6, 6.07) is 12.1. The van der Waals surface area contributed by atoms with Gasteiger partial charge in [-0.05, 0) is 22.8 Å². The number of fused-ring (bicyclic) bond motifs is 1. The minimum absolute atomic E-state index is 0.839. The summed E-state index contributed by atoms with van der Waals surface area (Å²) < 4.78 is 8.57. The van der Waals surface area contributed by atoms with Gasteiger partial charge in [-0.2, -0.15) is 0 Å². The molecule has 0 heterocycles. The van der Waals surface area contributed by atoms with Crippen LogP contribution >= 0.6 is 8.69 Å². The predicted molar refractivity (Wildman–Crippen MR) is 71.3 cm³/mol. The first-order valence-corrected chi connectivity index (χ1v) is 6.30. The van der Waals surface area contributed by atoms with Crippen LogP contribution in [-0.2, 0) is 11.0 Å². The van der Waals surface area contributed by atoms with Gasteiger partial charge in [-0.1, -0.05) is 43.3 Å². The lowest BCUT2D eigenvalue weighted by Gasteiger charge is -2.05. The largest absolute Gasteiger partial charge is 0.348 e. The zero-order valence-electron chi connectivity index (χ0n) is 9.59. The topological polar surface area (TPSA) is 54.4 Å². The summed E-state index contributed by atoms with van der Waals surface area (Å²) in [6.07, 6.45) is 1.86. The molecule has 0 saturated carbocycles. The van der Waals surface area contributed by atoms with Gasteiger partial charge >= 0.3 is 0 Å². The van der Waals surface area contributed by atoms with Crippen LogP contribution in [0.15, 0.2) is 36.4 Å². The van der Waals surface area contributed by atoms with Gasteiger partial charge in [-0.3, -0.25) is 9.36 Å². The number of aldehydes is 1. The molecule has 0 aromatic heterocycles. The Balaban J connectivity index is 0.000000437. The maximum atomic E-state index is 11.0. The van der Waals surface area contributed by atoms with Gasteiger partial charge in [0.1, 0.15) is 0 Å². The Hall–Kier alpha value is -1.44. The Kier molecular flexibility index (Phi) is 5.61. The van der Waals surface area contributed by atoms with Crippen LogP contribution < -0.4 is 0 Å². The Labute approximate surface area is 101 Å². The van der Waals surface area contributed by atoms with E-state index in [0.29, 0.717) is 0 Å². The average Bonchev–Trinajstić information content (AvgIpc) is 2.38. The molecule has 17 heavy (non-hydrogen) atoms. The second kappa shape index (κ2) is 7.00. The van der Waals surface area contributed by atoms with E-state index in [1.165, 1.54) is 0 Å². The number of benzene rings is 2. The number of carbonyl (C=O) groups is 1. The maximum absolute atomic E-state index is 11.0. The van der Waals surface area contributed by atoms with Crippen LogP contribution in [0.2, 0.25) is 0 Å². The van der Waals surface area contributed by atoms with Gasteiger partial charge in [0.2, 0.25) is 0 Å².